The van der Waals surface area contributed by atoms with Crippen LogP contribution in [-0.2, 0) is 15.2 Å². The number of carboxylic acids is 1. The second-order valence-electron chi connectivity index (χ2n) is 5.45. The van der Waals surface area contributed by atoms with Crippen LogP contribution in [0.1, 0.15) is 17.5 Å². The van der Waals surface area contributed by atoms with Gasteiger partial charge >= 0.3 is 13.5 Å². The number of hydrogen-bond acceptors (Lipinski definition) is 5. The molecule has 1 unspecified atom stereocenters. The van der Waals surface area contributed by atoms with E-state index in [-0.39, 0.29) is 12.4 Å². The SMILES string of the molecule is Cc1cc(OCCN(C)C)cc2c1C(O)(CC(=O)O)O[B]2.Cl. The Balaban J connectivity index is 0.00000242. The third-order valence-corrected chi connectivity index (χ3v) is 3.31. The van der Waals surface area contributed by atoms with E-state index in [2.05, 4.69) is 0 Å². The summed E-state index contributed by atoms with van der Waals surface area (Å²) in [6.45, 7) is 3.14. The number of ether oxygens (including phenoxy) is 1. The Hall–Kier alpha value is -1.28. The molecule has 22 heavy (non-hydrogen) atoms. The molecule has 0 amide bonds. The van der Waals surface area contributed by atoms with Crippen molar-refractivity contribution >= 4 is 31.3 Å². The highest BCUT2D eigenvalue weighted by Crippen LogP contribution is 2.33. The lowest BCUT2D eigenvalue weighted by molar-refractivity contribution is -0.170. The van der Waals surface area contributed by atoms with Crippen LogP contribution in [-0.4, -0.2) is 55.8 Å². The van der Waals surface area contributed by atoms with E-state index in [1.807, 2.05) is 19.0 Å². The van der Waals surface area contributed by atoms with E-state index in [1.54, 1.807) is 19.1 Å². The van der Waals surface area contributed by atoms with Gasteiger partial charge in [0.1, 0.15) is 18.8 Å². The minimum absolute atomic E-state index is 0. The normalized spacial score (nSPS) is 19.3. The minimum atomic E-state index is -1.80. The maximum Gasteiger partial charge on any atom is 0.334 e. The summed E-state index contributed by atoms with van der Waals surface area (Å²) >= 11 is 0. The van der Waals surface area contributed by atoms with Gasteiger partial charge in [0.25, 0.3) is 0 Å². The van der Waals surface area contributed by atoms with Crippen molar-refractivity contribution in [1.82, 2.24) is 4.90 Å². The van der Waals surface area contributed by atoms with Gasteiger partial charge < -0.3 is 24.5 Å². The van der Waals surface area contributed by atoms with Gasteiger partial charge in [0.15, 0.2) is 5.79 Å². The summed E-state index contributed by atoms with van der Waals surface area (Å²) < 4.78 is 10.8. The van der Waals surface area contributed by atoms with Gasteiger partial charge in [-0.3, -0.25) is 4.79 Å². The first-order valence-corrected chi connectivity index (χ1v) is 6.70. The maximum atomic E-state index is 10.9. The van der Waals surface area contributed by atoms with Crippen molar-refractivity contribution in [1.29, 1.82) is 0 Å². The molecule has 0 saturated heterocycles. The van der Waals surface area contributed by atoms with Gasteiger partial charge in [0, 0.05) is 12.1 Å². The first-order chi connectivity index (χ1) is 9.82. The molecule has 2 rings (SSSR count). The number of nitrogens with zero attached hydrogens (tertiary/aromatic N) is 1. The number of aliphatic carboxylic acids is 1. The van der Waals surface area contributed by atoms with Crippen LogP contribution in [0.25, 0.3) is 0 Å². The number of rotatable bonds is 6. The van der Waals surface area contributed by atoms with E-state index < -0.39 is 18.2 Å². The Bertz CT molecular complexity index is 554. The number of halogens is 1. The lowest BCUT2D eigenvalue weighted by Gasteiger charge is -2.24. The number of likely N-dealkylation sites (N-methyl/N-ethyl adjacent to an activating group) is 1. The van der Waals surface area contributed by atoms with E-state index in [0.717, 1.165) is 12.1 Å². The highest BCUT2D eigenvalue weighted by Gasteiger charge is 2.42. The van der Waals surface area contributed by atoms with Gasteiger partial charge in [-0.25, -0.2) is 0 Å². The van der Waals surface area contributed by atoms with Crippen LogP contribution in [0.4, 0.5) is 0 Å². The number of aryl methyl sites for hydroxylation is 1. The summed E-state index contributed by atoms with van der Waals surface area (Å²) in [5.41, 5.74) is 1.88. The van der Waals surface area contributed by atoms with Crippen LogP contribution in [0, 0.1) is 6.92 Å². The third-order valence-electron chi connectivity index (χ3n) is 3.31. The van der Waals surface area contributed by atoms with Gasteiger partial charge in [0.2, 0.25) is 0 Å². The molecule has 121 valence electrons. The van der Waals surface area contributed by atoms with Crippen molar-refractivity contribution < 1.29 is 24.4 Å². The molecule has 0 aromatic heterocycles. The predicted molar refractivity (Wildman–Crippen MR) is 85.1 cm³/mol. The number of hydrogen-bond donors (Lipinski definition) is 2. The Kier molecular flexibility index (Phi) is 6.25. The second-order valence-corrected chi connectivity index (χ2v) is 5.45. The molecule has 8 heteroatoms. The molecule has 0 fully saturated rings. The van der Waals surface area contributed by atoms with Crippen LogP contribution >= 0.6 is 12.4 Å². The van der Waals surface area contributed by atoms with Crippen LogP contribution in [0.15, 0.2) is 12.1 Å². The zero-order valence-corrected chi connectivity index (χ0v) is 13.6. The van der Waals surface area contributed by atoms with Crippen LogP contribution in [0.3, 0.4) is 0 Å². The van der Waals surface area contributed by atoms with E-state index >= 15 is 0 Å². The molecule has 2 N–H and O–H groups in total. The summed E-state index contributed by atoms with van der Waals surface area (Å²) in [7, 11) is 5.31. The van der Waals surface area contributed by atoms with E-state index in [4.69, 9.17) is 14.5 Å². The van der Waals surface area contributed by atoms with Crippen molar-refractivity contribution in [2.45, 2.75) is 19.1 Å². The molecule has 6 nitrogen and oxygen atoms in total. The van der Waals surface area contributed by atoms with E-state index in [9.17, 15) is 9.90 Å². The Morgan fingerprint density at radius 2 is 2.14 bits per heavy atom. The smallest absolute Gasteiger partial charge is 0.334 e. The standard InChI is InChI=1S/C14H19BNO5.ClH/c1-9-6-10(20-5-4-16(2)3)7-11-13(9)14(19,21-15-11)8-12(17)18;/h6-7,19H,4-5,8H2,1-3H3,(H,17,18);1H. The molecule has 1 aliphatic heterocycles. The average molecular weight is 329 g/mol. The zero-order chi connectivity index (χ0) is 15.6. The number of carbonyl (C=O) groups is 1. The van der Waals surface area contributed by atoms with Crippen LogP contribution in [0.5, 0.6) is 5.75 Å². The topological polar surface area (TPSA) is 79.2 Å². The third kappa shape index (κ3) is 4.13. The van der Waals surface area contributed by atoms with Gasteiger partial charge in [-0.1, -0.05) is 0 Å². The van der Waals surface area contributed by atoms with Gasteiger partial charge in [-0.05, 0) is 44.2 Å². The van der Waals surface area contributed by atoms with Gasteiger partial charge in [-0.15, -0.1) is 12.4 Å². The van der Waals surface area contributed by atoms with Crippen molar-refractivity contribution in [2.75, 3.05) is 27.2 Å². The molecule has 1 heterocycles. The fourth-order valence-electron chi connectivity index (χ4n) is 2.39. The van der Waals surface area contributed by atoms with Crippen molar-refractivity contribution in [3.8, 4) is 5.75 Å². The Morgan fingerprint density at radius 3 is 2.73 bits per heavy atom. The van der Waals surface area contributed by atoms with E-state index in [0.29, 0.717) is 23.4 Å². The zero-order valence-electron chi connectivity index (χ0n) is 12.8. The molecule has 0 saturated carbocycles. The fourth-order valence-corrected chi connectivity index (χ4v) is 2.39. The van der Waals surface area contributed by atoms with Crippen LogP contribution in [0.2, 0.25) is 0 Å². The van der Waals surface area contributed by atoms with Gasteiger partial charge in [0.05, 0.1) is 0 Å². The Morgan fingerprint density at radius 1 is 1.45 bits per heavy atom. The quantitative estimate of drug-likeness (QED) is 0.729. The second kappa shape index (κ2) is 7.33. The first kappa shape index (κ1) is 18.8. The first-order valence-electron chi connectivity index (χ1n) is 6.70. The van der Waals surface area contributed by atoms with E-state index in [1.165, 1.54) is 7.48 Å². The molecule has 1 radical (unpaired) electrons. The molecule has 1 aliphatic rings. The largest absolute Gasteiger partial charge is 0.492 e. The van der Waals surface area contributed by atoms with Gasteiger partial charge in [-0.2, -0.15) is 0 Å². The van der Waals surface area contributed by atoms with Crippen molar-refractivity contribution in [2.24, 2.45) is 0 Å². The highest BCUT2D eigenvalue weighted by molar-refractivity contribution is 6.49. The molecular weight excluding hydrogens is 308 g/mol. The molecule has 1 aromatic rings. The number of fused-ring (bicyclic) bond motifs is 1. The summed E-state index contributed by atoms with van der Waals surface area (Å²) in [5.74, 6) is -2.25. The predicted octanol–water partition coefficient (Wildman–Crippen LogP) is 0.252. The van der Waals surface area contributed by atoms with Crippen molar-refractivity contribution in [3.05, 3.63) is 23.3 Å². The average Bonchev–Trinajstić information content (AvgIpc) is 2.65. The lowest BCUT2D eigenvalue weighted by atomic mass is 9.83. The monoisotopic (exact) mass is 328 g/mol. The number of aliphatic hydroxyl groups is 1. The highest BCUT2D eigenvalue weighted by atomic mass is 35.5. The minimum Gasteiger partial charge on any atom is -0.492 e. The molecule has 0 aliphatic carbocycles. The number of carboxylic acid groups (broad SMARTS) is 1. The molecular formula is C14H20BClNO5. The Labute approximate surface area is 136 Å². The van der Waals surface area contributed by atoms with Crippen LogP contribution < -0.4 is 10.2 Å². The molecule has 0 bridgehead atoms. The maximum absolute atomic E-state index is 10.9. The number of benzene rings is 1. The van der Waals surface area contributed by atoms with Crippen molar-refractivity contribution in [3.63, 3.8) is 0 Å². The summed E-state index contributed by atoms with van der Waals surface area (Å²) in [6.07, 6.45) is -0.502. The molecule has 1 aromatic carbocycles. The summed E-state index contributed by atoms with van der Waals surface area (Å²) in [6, 6.07) is 3.53. The lowest BCUT2D eigenvalue weighted by Crippen LogP contribution is -2.30. The molecule has 1 atom stereocenters. The summed E-state index contributed by atoms with van der Waals surface area (Å²) in [5, 5.41) is 19.2. The molecule has 0 spiro atoms. The fraction of sp³-hybridized carbons (Fsp3) is 0.500. The summed E-state index contributed by atoms with van der Waals surface area (Å²) in [4.78, 5) is 12.9.